The minimum Gasteiger partial charge on any atom is -0.315 e. The number of aryl methyl sites for hydroxylation is 2. The number of aromatic nitrogens is 2. The maximum Gasteiger partial charge on any atom is 0.333 e. The summed E-state index contributed by atoms with van der Waals surface area (Å²) in [6.45, 7) is 4.59. The summed E-state index contributed by atoms with van der Waals surface area (Å²) >= 11 is 0. The Labute approximate surface area is 99.8 Å². The van der Waals surface area contributed by atoms with Gasteiger partial charge in [0, 0.05) is 19.7 Å². The molecule has 1 aromatic heterocycles. The van der Waals surface area contributed by atoms with Crippen LogP contribution >= 0.6 is 0 Å². The molecule has 1 aromatic rings. The van der Waals surface area contributed by atoms with Crippen molar-refractivity contribution in [3.63, 3.8) is 0 Å². The van der Waals surface area contributed by atoms with E-state index < -0.39 is 0 Å². The summed E-state index contributed by atoms with van der Waals surface area (Å²) in [6.07, 6.45) is 0.845. The fraction of sp³-hybridized carbons (Fsp3) is 0.545. The van der Waals surface area contributed by atoms with Crippen molar-refractivity contribution in [2.45, 2.75) is 20.3 Å². The van der Waals surface area contributed by atoms with Gasteiger partial charge in [-0.05, 0) is 13.3 Å². The molecule has 0 spiro atoms. The Bertz CT molecular complexity index is 466. The van der Waals surface area contributed by atoms with Crippen LogP contribution in [-0.4, -0.2) is 39.7 Å². The van der Waals surface area contributed by atoms with Crippen molar-refractivity contribution in [3.8, 4) is 0 Å². The minimum absolute atomic E-state index is 0.164. The Morgan fingerprint density at radius 3 is 2.65 bits per heavy atom. The maximum atomic E-state index is 12.1. The van der Waals surface area contributed by atoms with Crippen molar-refractivity contribution in [1.29, 1.82) is 0 Å². The molecule has 2 heterocycles. The van der Waals surface area contributed by atoms with Gasteiger partial charge in [0.2, 0.25) is 0 Å². The molecule has 1 fully saturated rings. The third-order valence-electron chi connectivity index (χ3n) is 2.74. The van der Waals surface area contributed by atoms with Crippen molar-refractivity contribution in [2.75, 3.05) is 18.0 Å². The normalized spacial score (nSPS) is 16.2. The fourth-order valence-corrected chi connectivity index (χ4v) is 2.03. The van der Waals surface area contributed by atoms with Crippen molar-refractivity contribution in [1.82, 2.24) is 14.7 Å². The van der Waals surface area contributed by atoms with Gasteiger partial charge in [-0.1, -0.05) is 6.92 Å². The number of amides is 3. The zero-order chi connectivity index (χ0) is 12.6. The van der Waals surface area contributed by atoms with Gasteiger partial charge >= 0.3 is 6.03 Å². The zero-order valence-electron chi connectivity index (χ0n) is 10.3. The van der Waals surface area contributed by atoms with E-state index in [1.54, 1.807) is 22.7 Å². The van der Waals surface area contributed by atoms with E-state index in [4.69, 9.17) is 0 Å². The molecule has 6 nitrogen and oxygen atoms in total. The first kappa shape index (κ1) is 11.6. The standard InChI is InChI=1S/C11H16N4O2/c1-4-5-14-7-10(16)15(11(14)17)9-6-8(2)12-13(9)3/h6H,4-5,7H2,1-3H3. The maximum absolute atomic E-state index is 12.1. The molecule has 0 atom stereocenters. The number of imide groups is 1. The summed E-state index contributed by atoms with van der Waals surface area (Å²) in [5, 5.41) is 4.15. The van der Waals surface area contributed by atoms with Gasteiger partial charge in [-0.25, -0.2) is 9.69 Å². The number of rotatable bonds is 3. The molecule has 2 rings (SSSR count). The summed E-state index contributed by atoms with van der Waals surface area (Å²) < 4.78 is 1.56. The summed E-state index contributed by atoms with van der Waals surface area (Å²) in [7, 11) is 1.73. The second kappa shape index (κ2) is 4.20. The van der Waals surface area contributed by atoms with Crippen LogP contribution < -0.4 is 4.90 Å². The number of nitrogens with zero attached hydrogens (tertiary/aromatic N) is 4. The lowest BCUT2D eigenvalue weighted by Crippen LogP contribution is -2.34. The molecule has 3 amide bonds. The summed E-state index contributed by atoms with van der Waals surface area (Å²) in [5.41, 5.74) is 0.789. The highest BCUT2D eigenvalue weighted by Gasteiger charge is 2.38. The molecular weight excluding hydrogens is 220 g/mol. The number of carbonyl (C=O) groups is 2. The summed E-state index contributed by atoms with van der Waals surface area (Å²) in [5.74, 6) is 0.350. The average molecular weight is 236 g/mol. The van der Waals surface area contributed by atoms with Crippen LogP contribution in [0, 0.1) is 6.92 Å². The van der Waals surface area contributed by atoms with Crippen LogP contribution in [0.15, 0.2) is 6.07 Å². The third kappa shape index (κ3) is 1.90. The average Bonchev–Trinajstić information content (AvgIpc) is 2.69. The molecule has 92 valence electrons. The van der Waals surface area contributed by atoms with E-state index in [1.807, 2.05) is 13.8 Å². The predicted molar refractivity (Wildman–Crippen MR) is 62.7 cm³/mol. The van der Waals surface area contributed by atoms with Crippen LogP contribution in [0.1, 0.15) is 19.0 Å². The Hall–Kier alpha value is -1.85. The first-order valence-corrected chi connectivity index (χ1v) is 5.67. The molecule has 0 unspecified atom stereocenters. The number of hydrogen-bond acceptors (Lipinski definition) is 3. The highest BCUT2D eigenvalue weighted by atomic mass is 16.2. The molecule has 17 heavy (non-hydrogen) atoms. The second-order valence-corrected chi connectivity index (χ2v) is 4.20. The van der Waals surface area contributed by atoms with Crippen molar-refractivity contribution in [2.24, 2.45) is 7.05 Å². The highest BCUT2D eigenvalue weighted by molar-refractivity contribution is 6.19. The molecular formula is C11H16N4O2. The van der Waals surface area contributed by atoms with E-state index in [9.17, 15) is 9.59 Å². The van der Waals surface area contributed by atoms with Crippen LogP contribution in [0.25, 0.3) is 0 Å². The molecule has 0 aliphatic carbocycles. The van der Waals surface area contributed by atoms with Crippen molar-refractivity contribution >= 4 is 17.8 Å². The van der Waals surface area contributed by atoms with E-state index in [0.29, 0.717) is 12.4 Å². The zero-order valence-corrected chi connectivity index (χ0v) is 10.3. The van der Waals surface area contributed by atoms with E-state index in [-0.39, 0.29) is 18.5 Å². The Balaban J connectivity index is 2.30. The topological polar surface area (TPSA) is 58.4 Å². The van der Waals surface area contributed by atoms with E-state index in [1.165, 1.54) is 4.90 Å². The quantitative estimate of drug-likeness (QED) is 0.733. The molecule has 1 aliphatic rings. The van der Waals surface area contributed by atoms with Gasteiger partial charge in [0.1, 0.15) is 12.4 Å². The monoisotopic (exact) mass is 236 g/mol. The van der Waals surface area contributed by atoms with Gasteiger partial charge in [-0.2, -0.15) is 5.10 Å². The lowest BCUT2D eigenvalue weighted by molar-refractivity contribution is -0.116. The van der Waals surface area contributed by atoms with Gasteiger partial charge in [0.15, 0.2) is 0 Å². The molecule has 1 saturated heterocycles. The molecule has 1 aliphatic heterocycles. The van der Waals surface area contributed by atoms with Crippen molar-refractivity contribution in [3.05, 3.63) is 11.8 Å². The lowest BCUT2D eigenvalue weighted by Gasteiger charge is -2.15. The molecule has 0 N–H and O–H groups in total. The number of carbonyl (C=O) groups excluding carboxylic acids is 2. The van der Waals surface area contributed by atoms with Gasteiger partial charge in [0.05, 0.1) is 5.69 Å². The van der Waals surface area contributed by atoms with E-state index >= 15 is 0 Å². The first-order valence-electron chi connectivity index (χ1n) is 5.67. The largest absolute Gasteiger partial charge is 0.333 e. The second-order valence-electron chi connectivity index (χ2n) is 4.20. The molecule has 0 aromatic carbocycles. The van der Waals surface area contributed by atoms with Gasteiger partial charge in [-0.15, -0.1) is 0 Å². The molecule has 0 bridgehead atoms. The third-order valence-corrected chi connectivity index (χ3v) is 2.74. The highest BCUT2D eigenvalue weighted by Crippen LogP contribution is 2.21. The van der Waals surface area contributed by atoms with Crippen LogP contribution in [0.4, 0.5) is 10.6 Å². The van der Waals surface area contributed by atoms with Crippen LogP contribution in [0.3, 0.4) is 0 Å². The van der Waals surface area contributed by atoms with Crippen LogP contribution in [0.5, 0.6) is 0 Å². The van der Waals surface area contributed by atoms with Gasteiger partial charge < -0.3 is 4.90 Å². The molecule has 0 saturated carbocycles. The Morgan fingerprint density at radius 1 is 1.41 bits per heavy atom. The number of hydrogen-bond donors (Lipinski definition) is 0. The van der Waals surface area contributed by atoms with Crippen molar-refractivity contribution < 1.29 is 9.59 Å². The van der Waals surface area contributed by atoms with Crippen LogP contribution in [0.2, 0.25) is 0 Å². The first-order chi connectivity index (χ1) is 8.04. The Kier molecular flexibility index (Phi) is 2.87. The summed E-state index contributed by atoms with van der Waals surface area (Å²) in [4.78, 5) is 26.7. The SMILES string of the molecule is CCCN1CC(=O)N(c2cc(C)nn2C)C1=O. The number of urea groups is 1. The molecule has 6 heteroatoms. The van der Waals surface area contributed by atoms with E-state index in [0.717, 1.165) is 12.1 Å². The fourth-order valence-electron chi connectivity index (χ4n) is 2.03. The number of anilines is 1. The Morgan fingerprint density at radius 2 is 2.12 bits per heavy atom. The van der Waals surface area contributed by atoms with Gasteiger partial charge in [-0.3, -0.25) is 9.48 Å². The van der Waals surface area contributed by atoms with Gasteiger partial charge in [0.25, 0.3) is 5.91 Å². The lowest BCUT2D eigenvalue weighted by atomic mass is 10.4. The molecule has 0 radical (unpaired) electrons. The van der Waals surface area contributed by atoms with Crippen LogP contribution in [-0.2, 0) is 11.8 Å². The van der Waals surface area contributed by atoms with E-state index in [2.05, 4.69) is 5.10 Å². The smallest absolute Gasteiger partial charge is 0.315 e. The summed E-state index contributed by atoms with van der Waals surface area (Å²) in [6, 6.07) is 1.49. The minimum atomic E-state index is -0.250. The predicted octanol–water partition coefficient (Wildman–Crippen LogP) is 0.907.